The zero-order chi connectivity index (χ0) is 10.7. The minimum Gasteiger partial charge on any atom is -0.377 e. The molecule has 1 aliphatic heterocycles. The van der Waals surface area contributed by atoms with Gasteiger partial charge in [0.2, 0.25) is 0 Å². The van der Waals surface area contributed by atoms with Crippen molar-refractivity contribution < 1.29 is 4.74 Å². The molecule has 0 spiro atoms. The predicted molar refractivity (Wildman–Crippen MR) is 67.9 cm³/mol. The number of halogens is 1. The van der Waals surface area contributed by atoms with Crippen LogP contribution >= 0.6 is 23.4 Å². The monoisotopic (exact) mass is 248 g/mol. The zero-order valence-electron chi connectivity index (χ0n) is 9.51. The van der Waals surface area contributed by atoms with Crippen LogP contribution in [0.3, 0.4) is 0 Å². The summed E-state index contributed by atoms with van der Waals surface area (Å²) in [5.41, 5.74) is 0.318. The van der Waals surface area contributed by atoms with Crippen LogP contribution in [-0.2, 0) is 4.74 Å². The van der Waals surface area contributed by atoms with Gasteiger partial charge in [-0.05, 0) is 50.0 Å². The number of hydrogen-bond donors (Lipinski definition) is 0. The van der Waals surface area contributed by atoms with Gasteiger partial charge in [0.05, 0.1) is 6.10 Å². The van der Waals surface area contributed by atoms with Gasteiger partial charge >= 0.3 is 0 Å². The predicted octanol–water partition coefficient (Wildman–Crippen LogP) is 3.55. The summed E-state index contributed by atoms with van der Waals surface area (Å²) >= 11 is 8.16. The van der Waals surface area contributed by atoms with Crippen molar-refractivity contribution >= 4 is 23.4 Å². The van der Waals surface area contributed by atoms with Gasteiger partial charge in [-0.3, -0.25) is 0 Å². The molecule has 2 aliphatic rings. The van der Waals surface area contributed by atoms with E-state index in [0.29, 0.717) is 11.5 Å². The van der Waals surface area contributed by atoms with Crippen molar-refractivity contribution in [2.45, 2.75) is 38.2 Å². The molecule has 2 fully saturated rings. The Balaban J connectivity index is 1.92. The van der Waals surface area contributed by atoms with Crippen molar-refractivity contribution in [3.63, 3.8) is 0 Å². The van der Waals surface area contributed by atoms with Crippen LogP contribution < -0.4 is 0 Å². The van der Waals surface area contributed by atoms with Crippen LogP contribution in [-0.4, -0.2) is 30.6 Å². The minimum atomic E-state index is 0.318. The third-order valence-electron chi connectivity index (χ3n) is 3.84. The van der Waals surface area contributed by atoms with Gasteiger partial charge in [-0.15, -0.1) is 11.6 Å². The summed E-state index contributed by atoms with van der Waals surface area (Å²) in [6.07, 6.45) is 9.14. The van der Waals surface area contributed by atoms with E-state index in [1.54, 1.807) is 0 Å². The van der Waals surface area contributed by atoms with E-state index in [4.69, 9.17) is 16.3 Å². The second kappa shape index (κ2) is 5.29. The molecular weight excluding hydrogens is 228 g/mol. The fraction of sp³-hybridized carbons (Fsp3) is 1.00. The summed E-state index contributed by atoms with van der Waals surface area (Å²) in [5.74, 6) is 2.89. The Morgan fingerprint density at radius 2 is 2.27 bits per heavy atom. The lowest BCUT2D eigenvalue weighted by molar-refractivity contribution is 0.0364. The van der Waals surface area contributed by atoms with E-state index in [1.165, 1.54) is 37.9 Å². The second-order valence-electron chi connectivity index (χ2n) is 4.97. The van der Waals surface area contributed by atoms with E-state index in [9.17, 15) is 0 Å². The summed E-state index contributed by atoms with van der Waals surface area (Å²) in [7, 11) is 0. The van der Waals surface area contributed by atoms with Crippen LogP contribution in [0.1, 0.15) is 32.1 Å². The smallest absolute Gasteiger partial charge is 0.0671 e. The van der Waals surface area contributed by atoms with Gasteiger partial charge in [0.25, 0.3) is 0 Å². The zero-order valence-corrected chi connectivity index (χ0v) is 11.1. The van der Waals surface area contributed by atoms with E-state index < -0.39 is 0 Å². The minimum absolute atomic E-state index is 0.318. The van der Waals surface area contributed by atoms with Crippen molar-refractivity contribution in [3.05, 3.63) is 0 Å². The molecule has 1 aliphatic carbocycles. The Kier molecular flexibility index (Phi) is 4.25. The molecule has 1 saturated heterocycles. The van der Waals surface area contributed by atoms with E-state index >= 15 is 0 Å². The summed E-state index contributed by atoms with van der Waals surface area (Å²) < 4.78 is 5.92. The molecule has 0 radical (unpaired) electrons. The average molecular weight is 249 g/mol. The fourth-order valence-corrected chi connectivity index (χ4v) is 3.64. The van der Waals surface area contributed by atoms with Crippen LogP contribution in [0.15, 0.2) is 0 Å². The second-order valence-corrected chi connectivity index (χ2v) is 6.22. The molecule has 88 valence electrons. The number of alkyl halides is 1. The highest BCUT2D eigenvalue weighted by Gasteiger charge is 2.49. The first-order valence-corrected chi connectivity index (χ1v) is 7.92. The van der Waals surface area contributed by atoms with Crippen LogP contribution in [0.2, 0.25) is 0 Å². The lowest BCUT2D eigenvalue weighted by atomic mass is 9.77. The van der Waals surface area contributed by atoms with Gasteiger partial charge in [-0.2, -0.15) is 11.8 Å². The van der Waals surface area contributed by atoms with Gasteiger partial charge in [0, 0.05) is 17.9 Å². The molecule has 2 rings (SSSR count). The molecule has 0 aromatic carbocycles. The van der Waals surface area contributed by atoms with Crippen LogP contribution in [0.4, 0.5) is 0 Å². The van der Waals surface area contributed by atoms with Crippen molar-refractivity contribution in [1.82, 2.24) is 0 Å². The van der Waals surface area contributed by atoms with Crippen LogP contribution in [0.25, 0.3) is 0 Å². The SMILES string of the molecule is CSCCCC1(CCl)CCOC1C1CC1. The Morgan fingerprint density at radius 3 is 2.87 bits per heavy atom. The summed E-state index contributed by atoms with van der Waals surface area (Å²) in [4.78, 5) is 0. The Hall–Kier alpha value is 0.600. The van der Waals surface area contributed by atoms with E-state index in [2.05, 4.69) is 6.26 Å². The van der Waals surface area contributed by atoms with Gasteiger partial charge in [-0.1, -0.05) is 0 Å². The highest BCUT2D eigenvalue weighted by atomic mass is 35.5. The van der Waals surface area contributed by atoms with E-state index in [-0.39, 0.29) is 0 Å². The third kappa shape index (κ3) is 2.65. The maximum absolute atomic E-state index is 6.22. The highest BCUT2D eigenvalue weighted by Crippen LogP contribution is 2.50. The van der Waals surface area contributed by atoms with Gasteiger partial charge in [0.1, 0.15) is 0 Å². The Bertz CT molecular complexity index is 208. The molecular formula is C12H21ClOS. The maximum Gasteiger partial charge on any atom is 0.0671 e. The third-order valence-corrected chi connectivity index (χ3v) is 5.07. The van der Waals surface area contributed by atoms with E-state index in [1.807, 2.05) is 11.8 Å². The van der Waals surface area contributed by atoms with Crippen molar-refractivity contribution in [3.8, 4) is 0 Å². The number of hydrogen-bond acceptors (Lipinski definition) is 2. The van der Waals surface area contributed by atoms with Crippen molar-refractivity contribution in [2.24, 2.45) is 11.3 Å². The summed E-state index contributed by atoms with van der Waals surface area (Å²) in [6, 6.07) is 0. The molecule has 2 unspecified atom stereocenters. The van der Waals surface area contributed by atoms with Crippen LogP contribution in [0, 0.1) is 11.3 Å². The maximum atomic E-state index is 6.22. The molecule has 0 aromatic heterocycles. The summed E-state index contributed by atoms with van der Waals surface area (Å²) in [6.45, 7) is 0.938. The quantitative estimate of drug-likeness (QED) is 0.525. The molecule has 1 saturated carbocycles. The van der Waals surface area contributed by atoms with Crippen LogP contribution in [0.5, 0.6) is 0 Å². The largest absolute Gasteiger partial charge is 0.377 e. The summed E-state index contributed by atoms with van der Waals surface area (Å²) in [5, 5.41) is 0. The number of thioether (sulfide) groups is 1. The molecule has 0 amide bonds. The molecule has 15 heavy (non-hydrogen) atoms. The average Bonchev–Trinajstić information content (AvgIpc) is 3.01. The van der Waals surface area contributed by atoms with Gasteiger partial charge in [-0.25, -0.2) is 0 Å². The molecule has 1 nitrogen and oxygen atoms in total. The molecule has 3 heteroatoms. The molecule has 0 N–H and O–H groups in total. The molecule has 2 atom stereocenters. The molecule has 1 heterocycles. The standard InChI is InChI=1S/C12H21ClOS/c1-15-8-2-5-12(9-13)6-7-14-11(12)10-3-4-10/h10-11H,2-9H2,1H3. The first-order chi connectivity index (χ1) is 7.32. The van der Waals surface area contributed by atoms with Crippen molar-refractivity contribution in [1.29, 1.82) is 0 Å². The highest BCUT2D eigenvalue weighted by molar-refractivity contribution is 7.98. The number of ether oxygens (including phenoxy) is 1. The van der Waals surface area contributed by atoms with Gasteiger partial charge in [0.15, 0.2) is 0 Å². The van der Waals surface area contributed by atoms with Gasteiger partial charge < -0.3 is 4.74 Å². The Morgan fingerprint density at radius 1 is 1.47 bits per heavy atom. The van der Waals surface area contributed by atoms with E-state index in [0.717, 1.165) is 18.4 Å². The molecule has 0 aromatic rings. The lowest BCUT2D eigenvalue weighted by Gasteiger charge is -2.32. The normalized spacial score (nSPS) is 36.0. The Labute approximate surface area is 102 Å². The first kappa shape index (κ1) is 12.1. The fourth-order valence-electron chi connectivity index (χ4n) is 2.79. The molecule has 0 bridgehead atoms. The van der Waals surface area contributed by atoms with Crippen molar-refractivity contribution in [2.75, 3.05) is 24.5 Å². The topological polar surface area (TPSA) is 9.23 Å². The lowest BCUT2D eigenvalue weighted by Crippen LogP contribution is -2.34. The first-order valence-electron chi connectivity index (χ1n) is 5.99. The number of rotatable bonds is 6.